The van der Waals surface area contributed by atoms with Crippen molar-refractivity contribution < 1.29 is 0 Å². The van der Waals surface area contributed by atoms with Gasteiger partial charge in [-0.3, -0.25) is 0 Å². The summed E-state index contributed by atoms with van der Waals surface area (Å²) >= 11 is 0. The van der Waals surface area contributed by atoms with Gasteiger partial charge in [0, 0.05) is 83.9 Å². The largest absolute Gasteiger partial charge is 0.334 e. The van der Waals surface area contributed by atoms with Crippen molar-refractivity contribution >= 4 is 127 Å². The Labute approximate surface area is 584 Å². The van der Waals surface area contributed by atoms with Gasteiger partial charge in [0.15, 0.2) is 0 Å². The standard InChI is InChI=1S/C96H70N4/c1-3-4-32-67(2)97(71-33-10-5-11-34-71)94-85-49-26-20-43-79(85)91(80-44-21-27-50-86(80)94)68-55-61-76(62-56-68)98(77-63-57-69(58-64-77)92-81-45-22-28-51-87(81)95(88-52-29-23-46-82(88)92)99(72-35-12-6-13-36-72)73-37-14-7-15-38-73)78-65-59-70(60-66-78)93-83-47-24-30-53-89(83)96(90-54-31-25-48-84(90)93)100(74-39-16-8-17-40-74)75-41-18-9-19-42-75/h3-67H,1H2,2H3. The van der Waals surface area contributed by atoms with E-state index in [9.17, 15) is 0 Å². The molecular formula is C96H70N4. The molecule has 0 N–H and O–H groups in total. The summed E-state index contributed by atoms with van der Waals surface area (Å²) in [5, 5.41) is 14.2. The molecule has 0 spiro atoms. The van der Waals surface area contributed by atoms with Crippen molar-refractivity contribution in [2.24, 2.45) is 0 Å². The number of rotatable bonds is 17. The van der Waals surface area contributed by atoms with Gasteiger partial charge in [0.25, 0.3) is 0 Å². The van der Waals surface area contributed by atoms with E-state index in [1.54, 1.807) is 0 Å². The predicted molar refractivity (Wildman–Crippen MR) is 429 cm³/mol. The first kappa shape index (κ1) is 60.6. The van der Waals surface area contributed by atoms with Crippen LogP contribution in [0.5, 0.6) is 0 Å². The predicted octanol–water partition coefficient (Wildman–Crippen LogP) is 27.3. The van der Waals surface area contributed by atoms with Gasteiger partial charge in [0.2, 0.25) is 0 Å². The molecule has 4 heteroatoms. The molecular weight excluding hydrogens is 1210 g/mol. The van der Waals surface area contributed by atoms with Crippen LogP contribution < -0.4 is 19.6 Å². The maximum absolute atomic E-state index is 4.03. The van der Waals surface area contributed by atoms with Crippen LogP contribution in [0.25, 0.3) is 98.0 Å². The first-order chi connectivity index (χ1) is 49.6. The quantitative estimate of drug-likeness (QED) is 0.0665. The molecule has 0 radical (unpaired) electrons. The van der Waals surface area contributed by atoms with Crippen LogP contribution in [-0.2, 0) is 0 Å². The molecule has 0 fully saturated rings. The fourth-order valence-corrected chi connectivity index (χ4v) is 15.4. The number of benzene rings is 17. The topological polar surface area (TPSA) is 13.0 Å². The van der Waals surface area contributed by atoms with Gasteiger partial charge in [-0.05, 0) is 170 Å². The Morgan fingerprint density at radius 3 is 0.680 bits per heavy atom. The zero-order chi connectivity index (χ0) is 66.9. The third-order valence-corrected chi connectivity index (χ3v) is 19.7. The lowest BCUT2D eigenvalue weighted by Gasteiger charge is -2.33. The molecule has 0 amide bonds. The second-order valence-corrected chi connectivity index (χ2v) is 25.5. The zero-order valence-electron chi connectivity index (χ0n) is 55.5. The Hall–Kier alpha value is -13.0. The van der Waals surface area contributed by atoms with Crippen molar-refractivity contribution in [3.63, 3.8) is 0 Å². The highest BCUT2D eigenvalue weighted by molar-refractivity contribution is 6.25. The van der Waals surface area contributed by atoms with E-state index in [0.717, 1.165) is 73.6 Å². The second kappa shape index (κ2) is 26.5. The van der Waals surface area contributed by atoms with E-state index in [4.69, 9.17) is 0 Å². The average Bonchev–Trinajstić information content (AvgIpc) is 0.743. The molecule has 0 saturated heterocycles. The maximum atomic E-state index is 4.03. The molecule has 0 bridgehead atoms. The highest BCUT2D eigenvalue weighted by atomic mass is 15.2. The summed E-state index contributed by atoms with van der Waals surface area (Å²) in [5.74, 6) is 0. The molecule has 1 unspecified atom stereocenters. The van der Waals surface area contributed by atoms with E-state index in [1.165, 1.54) is 87.0 Å². The van der Waals surface area contributed by atoms with E-state index < -0.39 is 0 Å². The van der Waals surface area contributed by atoms with Crippen LogP contribution in [0.4, 0.5) is 62.6 Å². The first-order valence-corrected chi connectivity index (χ1v) is 34.4. The molecule has 0 aliphatic heterocycles. The number of allylic oxidation sites excluding steroid dienone is 2. The fourth-order valence-electron chi connectivity index (χ4n) is 15.4. The van der Waals surface area contributed by atoms with E-state index in [2.05, 4.69) is 415 Å². The second-order valence-electron chi connectivity index (χ2n) is 25.5. The third-order valence-electron chi connectivity index (χ3n) is 19.7. The van der Waals surface area contributed by atoms with Crippen LogP contribution in [0.15, 0.2) is 395 Å². The minimum Gasteiger partial charge on any atom is -0.334 e. The van der Waals surface area contributed by atoms with Gasteiger partial charge in [-0.2, -0.15) is 0 Å². The van der Waals surface area contributed by atoms with Crippen molar-refractivity contribution in [1.29, 1.82) is 0 Å². The highest BCUT2D eigenvalue weighted by Gasteiger charge is 2.27. The zero-order valence-corrected chi connectivity index (χ0v) is 55.5. The normalized spacial score (nSPS) is 11.8. The summed E-state index contributed by atoms with van der Waals surface area (Å²) in [6, 6.07) is 135. The Morgan fingerprint density at radius 1 is 0.220 bits per heavy atom. The number of para-hydroxylation sites is 5. The van der Waals surface area contributed by atoms with Crippen LogP contribution in [0.2, 0.25) is 0 Å². The summed E-state index contributed by atoms with van der Waals surface area (Å²) in [6.07, 6.45) is 6.14. The molecule has 1 atom stereocenters. The Kier molecular flexibility index (Phi) is 16.1. The van der Waals surface area contributed by atoms with Crippen molar-refractivity contribution in [2.45, 2.75) is 13.0 Å². The minimum atomic E-state index is 0.0246. The lowest BCUT2D eigenvalue weighted by atomic mass is 9.89. The highest BCUT2D eigenvalue weighted by Crippen LogP contribution is 2.52. The van der Waals surface area contributed by atoms with Crippen LogP contribution >= 0.6 is 0 Å². The fraction of sp³-hybridized carbons (Fsp3) is 0.0208. The third kappa shape index (κ3) is 10.9. The maximum Gasteiger partial charge on any atom is 0.0618 e. The van der Waals surface area contributed by atoms with E-state index in [-0.39, 0.29) is 6.04 Å². The SMILES string of the molecule is C=CC=CC(C)N(c1ccccc1)c1c2ccccc2c(-c2ccc(N(c3ccc(-c4c5ccccc5c(N(c5ccccc5)c5ccccc5)c5ccccc45)cc3)c3ccc(-c4c5ccccc5c(N(c5ccccc5)c5ccccc5)c5ccccc45)cc3)cc2)c2ccccc12. The first-order valence-electron chi connectivity index (χ1n) is 34.4. The van der Waals surface area contributed by atoms with Crippen molar-refractivity contribution in [2.75, 3.05) is 19.6 Å². The lowest BCUT2D eigenvalue weighted by molar-refractivity contribution is 0.871. The molecule has 4 nitrogen and oxygen atoms in total. The molecule has 0 aliphatic rings. The molecule has 0 saturated carbocycles. The van der Waals surface area contributed by atoms with Gasteiger partial charge in [0.05, 0.1) is 17.1 Å². The van der Waals surface area contributed by atoms with Crippen molar-refractivity contribution in [1.82, 2.24) is 0 Å². The van der Waals surface area contributed by atoms with Gasteiger partial charge >= 0.3 is 0 Å². The number of nitrogens with zero attached hydrogens (tertiary/aromatic N) is 4. The van der Waals surface area contributed by atoms with Crippen LogP contribution in [0.3, 0.4) is 0 Å². The van der Waals surface area contributed by atoms with Gasteiger partial charge < -0.3 is 19.6 Å². The molecule has 17 rings (SSSR count). The monoisotopic (exact) mass is 1280 g/mol. The Balaban J connectivity index is 0.829. The number of anilines is 11. The Bertz CT molecular complexity index is 5360. The smallest absolute Gasteiger partial charge is 0.0618 e. The van der Waals surface area contributed by atoms with Gasteiger partial charge in [-0.1, -0.05) is 298 Å². The molecule has 100 heavy (non-hydrogen) atoms. The number of fused-ring (bicyclic) bond motifs is 6. The molecule has 17 aromatic rings. The summed E-state index contributed by atoms with van der Waals surface area (Å²) in [4.78, 5) is 9.73. The molecule has 0 aliphatic carbocycles. The summed E-state index contributed by atoms with van der Waals surface area (Å²) < 4.78 is 0. The summed E-state index contributed by atoms with van der Waals surface area (Å²) in [5.41, 5.74) is 19.1. The lowest BCUT2D eigenvalue weighted by Crippen LogP contribution is -2.27. The van der Waals surface area contributed by atoms with Gasteiger partial charge in [-0.25, -0.2) is 0 Å². The molecule has 17 aromatic carbocycles. The van der Waals surface area contributed by atoms with Crippen LogP contribution in [0, 0.1) is 0 Å². The van der Waals surface area contributed by atoms with Crippen molar-refractivity contribution in [3.8, 4) is 33.4 Å². The minimum absolute atomic E-state index is 0.0246. The van der Waals surface area contributed by atoms with Gasteiger partial charge in [0.1, 0.15) is 0 Å². The molecule has 474 valence electrons. The van der Waals surface area contributed by atoms with Gasteiger partial charge in [-0.15, -0.1) is 0 Å². The number of hydrogen-bond acceptors (Lipinski definition) is 4. The van der Waals surface area contributed by atoms with E-state index in [0.29, 0.717) is 0 Å². The number of hydrogen-bond donors (Lipinski definition) is 0. The molecule has 0 aromatic heterocycles. The summed E-state index contributed by atoms with van der Waals surface area (Å²) in [7, 11) is 0. The van der Waals surface area contributed by atoms with Crippen LogP contribution in [0.1, 0.15) is 6.92 Å². The van der Waals surface area contributed by atoms with E-state index in [1.807, 2.05) is 6.08 Å². The van der Waals surface area contributed by atoms with Crippen LogP contribution in [-0.4, -0.2) is 6.04 Å². The molecule has 0 heterocycles. The van der Waals surface area contributed by atoms with Crippen molar-refractivity contribution in [3.05, 3.63) is 395 Å². The average molecular weight is 1280 g/mol. The Morgan fingerprint density at radius 2 is 0.430 bits per heavy atom. The summed E-state index contributed by atoms with van der Waals surface area (Å²) in [6.45, 7) is 6.29. The van der Waals surface area contributed by atoms with E-state index >= 15 is 0 Å².